The van der Waals surface area contributed by atoms with E-state index >= 15 is 0 Å². The van der Waals surface area contributed by atoms with E-state index in [2.05, 4.69) is 37.3 Å². The van der Waals surface area contributed by atoms with E-state index in [1.54, 1.807) is 23.1 Å². The predicted octanol–water partition coefficient (Wildman–Crippen LogP) is 4.99. The zero-order valence-electron chi connectivity index (χ0n) is 9.69. The Morgan fingerprint density at radius 1 is 1.37 bits per heavy atom. The third kappa shape index (κ3) is 1.87. The van der Waals surface area contributed by atoms with Gasteiger partial charge in [-0.05, 0) is 45.9 Å². The van der Waals surface area contributed by atoms with Crippen LogP contribution in [0.2, 0.25) is 5.02 Å². The lowest BCUT2D eigenvalue weighted by atomic mass is 10.1. The van der Waals surface area contributed by atoms with Crippen LogP contribution in [0.25, 0.3) is 15.8 Å². The molecule has 0 saturated heterocycles. The van der Waals surface area contributed by atoms with Crippen LogP contribution in [-0.4, -0.2) is 23.2 Å². The molecule has 0 unspecified atom stereocenters. The number of halogens is 2. The number of thiophene rings is 1. The van der Waals surface area contributed by atoms with Gasteiger partial charge in [0, 0.05) is 32.6 Å². The quantitative estimate of drug-likeness (QED) is 0.701. The maximum atomic E-state index is 6.14. The zero-order chi connectivity index (χ0) is 13.0. The lowest BCUT2D eigenvalue weighted by Gasteiger charge is -2.16. The third-order valence-corrected chi connectivity index (χ3v) is 6.19. The zero-order valence-corrected chi connectivity index (χ0v) is 13.7. The normalized spacial score (nSPS) is 18.4. The molecule has 0 amide bonds. The van der Waals surface area contributed by atoms with Gasteiger partial charge >= 0.3 is 0 Å². The van der Waals surface area contributed by atoms with E-state index in [1.807, 2.05) is 12.1 Å². The summed E-state index contributed by atoms with van der Waals surface area (Å²) < 4.78 is 2.41. The number of rotatable bonds is 1. The van der Waals surface area contributed by atoms with Crippen LogP contribution in [0.4, 0.5) is 0 Å². The van der Waals surface area contributed by atoms with Crippen LogP contribution >= 0.6 is 50.6 Å². The van der Waals surface area contributed by atoms with E-state index in [1.165, 1.54) is 21.3 Å². The topological polar surface area (TPSA) is 15.6 Å². The Labute approximate surface area is 132 Å². The van der Waals surface area contributed by atoms with Crippen molar-refractivity contribution in [1.82, 2.24) is 4.90 Å². The van der Waals surface area contributed by atoms with Crippen molar-refractivity contribution in [2.75, 3.05) is 13.1 Å². The number of benzene rings is 1. The van der Waals surface area contributed by atoms with Crippen molar-refractivity contribution in [2.45, 2.75) is 0 Å². The summed E-state index contributed by atoms with van der Waals surface area (Å²) in [5.41, 5.74) is 2.48. The van der Waals surface area contributed by atoms with Crippen LogP contribution < -0.4 is 0 Å². The molecule has 6 heteroatoms. The Morgan fingerprint density at radius 3 is 3.16 bits per heavy atom. The molecule has 0 spiro atoms. The monoisotopic (exact) mass is 370 g/mol. The minimum Gasteiger partial charge on any atom is -0.317 e. The first-order valence-corrected chi connectivity index (χ1v) is 8.67. The third-order valence-electron chi connectivity index (χ3n) is 3.23. The highest BCUT2D eigenvalue weighted by Gasteiger charge is 2.33. The molecule has 0 saturated carbocycles. The molecule has 19 heavy (non-hydrogen) atoms. The molecule has 2 aliphatic rings. The second-order valence-corrected chi connectivity index (χ2v) is 7.97. The summed E-state index contributed by atoms with van der Waals surface area (Å²) in [7, 11) is 0. The molecular formula is C13H8BrClN2S2. The molecule has 2 aliphatic heterocycles. The smallest absolute Gasteiger partial charge is 0.169 e. The van der Waals surface area contributed by atoms with Crippen LogP contribution in [0, 0.1) is 0 Å². The first kappa shape index (κ1) is 12.3. The number of hydrogen-bond donors (Lipinski definition) is 0. The Balaban J connectivity index is 1.93. The summed E-state index contributed by atoms with van der Waals surface area (Å²) in [5, 5.41) is 5.31. The molecular weight excluding hydrogens is 364 g/mol. The number of thioether (sulfide) groups is 1. The van der Waals surface area contributed by atoms with E-state index in [-0.39, 0.29) is 0 Å². The van der Waals surface area contributed by atoms with E-state index in [0.29, 0.717) is 0 Å². The molecule has 0 atom stereocenters. The summed E-state index contributed by atoms with van der Waals surface area (Å²) in [6.45, 7) is 1.85. The summed E-state index contributed by atoms with van der Waals surface area (Å²) in [6.07, 6.45) is 0. The molecule has 0 bridgehead atoms. The van der Waals surface area contributed by atoms with Crippen molar-refractivity contribution < 1.29 is 0 Å². The molecule has 0 N–H and O–H groups in total. The van der Waals surface area contributed by atoms with Crippen LogP contribution in [0.5, 0.6) is 0 Å². The summed E-state index contributed by atoms with van der Waals surface area (Å²) in [5.74, 6) is 0. The minimum atomic E-state index is 0.782. The van der Waals surface area contributed by atoms with E-state index in [0.717, 1.165) is 27.1 Å². The van der Waals surface area contributed by atoms with Gasteiger partial charge < -0.3 is 4.90 Å². The van der Waals surface area contributed by atoms with Crippen LogP contribution in [0.15, 0.2) is 32.4 Å². The SMILES string of the molecule is Clc1ccc2scc(C3=C(Br)SC4=NCCN43)c2c1. The van der Waals surface area contributed by atoms with Gasteiger partial charge in [-0.2, -0.15) is 0 Å². The first-order valence-electron chi connectivity index (χ1n) is 5.81. The summed E-state index contributed by atoms with van der Waals surface area (Å²) >= 11 is 13.3. The van der Waals surface area contributed by atoms with Gasteiger partial charge in [0.2, 0.25) is 0 Å². The molecule has 2 nitrogen and oxygen atoms in total. The van der Waals surface area contributed by atoms with Gasteiger partial charge in [-0.3, -0.25) is 4.99 Å². The number of amidine groups is 1. The first-order chi connectivity index (χ1) is 9.24. The summed E-state index contributed by atoms with van der Waals surface area (Å²) in [4.78, 5) is 6.81. The second kappa shape index (κ2) is 4.52. The largest absolute Gasteiger partial charge is 0.317 e. The Hall–Kier alpha value is -0.490. The van der Waals surface area contributed by atoms with Crippen LogP contribution in [0.1, 0.15) is 5.56 Å². The highest BCUT2D eigenvalue weighted by atomic mass is 79.9. The number of aliphatic imine (C=N–C) groups is 1. The molecule has 4 rings (SSSR count). The van der Waals surface area contributed by atoms with Gasteiger partial charge in [-0.1, -0.05) is 11.6 Å². The molecule has 0 aliphatic carbocycles. The van der Waals surface area contributed by atoms with Crippen molar-refractivity contribution in [3.8, 4) is 0 Å². The highest BCUT2D eigenvalue weighted by Crippen LogP contribution is 2.47. The Bertz CT molecular complexity index is 750. The van der Waals surface area contributed by atoms with Crippen molar-refractivity contribution in [3.63, 3.8) is 0 Å². The van der Waals surface area contributed by atoms with Gasteiger partial charge in [-0.25, -0.2) is 0 Å². The fraction of sp³-hybridized carbons (Fsp3) is 0.154. The van der Waals surface area contributed by atoms with E-state index in [9.17, 15) is 0 Å². The fourth-order valence-corrected chi connectivity index (χ4v) is 5.28. The number of fused-ring (bicyclic) bond motifs is 2. The lowest BCUT2D eigenvalue weighted by molar-refractivity contribution is 0.650. The molecule has 2 aromatic rings. The van der Waals surface area contributed by atoms with Gasteiger partial charge in [0.25, 0.3) is 0 Å². The second-order valence-electron chi connectivity index (χ2n) is 4.33. The van der Waals surface area contributed by atoms with Crippen molar-refractivity contribution in [3.05, 3.63) is 38.0 Å². The number of nitrogens with zero attached hydrogens (tertiary/aromatic N) is 2. The van der Waals surface area contributed by atoms with Crippen LogP contribution in [-0.2, 0) is 0 Å². The van der Waals surface area contributed by atoms with Gasteiger partial charge in [0.1, 0.15) is 0 Å². The highest BCUT2D eigenvalue weighted by molar-refractivity contribution is 9.14. The lowest BCUT2D eigenvalue weighted by Crippen LogP contribution is -2.19. The maximum Gasteiger partial charge on any atom is 0.169 e. The van der Waals surface area contributed by atoms with Crippen LogP contribution in [0.3, 0.4) is 0 Å². The predicted molar refractivity (Wildman–Crippen MR) is 89.3 cm³/mol. The van der Waals surface area contributed by atoms with Crippen molar-refractivity contribution in [1.29, 1.82) is 0 Å². The summed E-state index contributed by atoms with van der Waals surface area (Å²) in [6, 6.07) is 6.08. The van der Waals surface area contributed by atoms with E-state index < -0.39 is 0 Å². The molecule has 1 aromatic heterocycles. The van der Waals surface area contributed by atoms with Gasteiger partial charge in [0.05, 0.1) is 16.1 Å². The molecule has 96 valence electrons. The average Bonchev–Trinajstić information content (AvgIpc) is 3.03. The van der Waals surface area contributed by atoms with Crippen molar-refractivity contribution >= 4 is 71.6 Å². The average molecular weight is 372 g/mol. The maximum absolute atomic E-state index is 6.14. The molecule has 1 aromatic carbocycles. The molecule has 0 radical (unpaired) electrons. The van der Waals surface area contributed by atoms with E-state index in [4.69, 9.17) is 11.6 Å². The van der Waals surface area contributed by atoms with Gasteiger partial charge in [-0.15, -0.1) is 11.3 Å². The fourth-order valence-electron chi connectivity index (χ4n) is 2.39. The number of hydrogen-bond acceptors (Lipinski definition) is 4. The van der Waals surface area contributed by atoms with Gasteiger partial charge in [0.15, 0.2) is 5.17 Å². The molecule has 3 heterocycles. The molecule has 0 fully saturated rings. The standard InChI is InChI=1S/C13H8BrClN2S2/c14-12-11(17-4-3-16-13(17)19-12)9-6-18-10-2-1-7(15)5-8(9)10/h1-2,5-6H,3-4H2. The Kier molecular flexibility index (Phi) is 2.92. The minimum absolute atomic E-state index is 0.782. The Morgan fingerprint density at radius 2 is 2.26 bits per heavy atom. The van der Waals surface area contributed by atoms with Crippen molar-refractivity contribution in [2.24, 2.45) is 4.99 Å².